The van der Waals surface area contributed by atoms with Crippen molar-refractivity contribution >= 4 is 16.9 Å². The van der Waals surface area contributed by atoms with Gasteiger partial charge in [-0.05, 0) is 12.3 Å². The number of hydrogen-bond acceptors (Lipinski definition) is 5. The average Bonchev–Trinajstić information content (AvgIpc) is 2.87. The Morgan fingerprint density at radius 3 is 2.96 bits per heavy atom. The number of aryl methyl sites for hydroxylation is 1. The summed E-state index contributed by atoms with van der Waals surface area (Å²) in [7, 11) is 1.72. The van der Waals surface area contributed by atoms with Crippen molar-refractivity contribution in [2.45, 2.75) is 26.8 Å². The van der Waals surface area contributed by atoms with Crippen molar-refractivity contribution in [3.63, 3.8) is 0 Å². The highest BCUT2D eigenvalue weighted by Crippen LogP contribution is 2.02. The molecule has 0 atom stereocenters. The molecule has 2 rings (SSSR count). The van der Waals surface area contributed by atoms with E-state index in [-0.39, 0.29) is 18.0 Å². The van der Waals surface area contributed by atoms with Crippen LogP contribution in [-0.2, 0) is 23.1 Å². The molecule has 0 fully saturated rings. The summed E-state index contributed by atoms with van der Waals surface area (Å²) in [5.74, 6) is 0.285. The molecule has 0 saturated heterocycles. The predicted molar refractivity (Wildman–Crippen MR) is 86.1 cm³/mol. The highest BCUT2D eigenvalue weighted by Gasteiger charge is 2.10. The third-order valence-electron chi connectivity index (χ3n) is 3.27. The molecule has 0 saturated carbocycles. The highest BCUT2D eigenvalue weighted by molar-refractivity contribution is 5.77. The van der Waals surface area contributed by atoms with E-state index in [0.717, 1.165) is 13.0 Å². The number of hydrogen-bond donors (Lipinski definition) is 1. The summed E-state index contributed by atoms with van der Waals surface area (Å²) < 4.78 is 8.25. The maximum Gasteiger partial charge on any atom is 0.264 e. The Balaban J connectivity index is 1.82. The Hall–Kier alpha value is -2.22. The number of fused-ring (bicyclic) bond motifs is 1. The molecule has 23 heavy (non-hydrogen) atoms. The molecule has 1 amide bonds. The quantitative estimate of drug-likeness (QED) is 0.707. The van der Waals surface area contributed by atoms with Gasteiger partial charge in [0, 0.05) is 26.8 Å². The molecule has 0 bridgehead atoms. The van der Waals surface area contributed by atoms with Gasteiger partial charge in [0.15, 0.2) is 5.65 Å². The first-order chi connectivity index (χ1) is 11.0. The Morgan fingerprint density at radius 1 is 1.43 bits per heavy atom. The first kappa shape index (κ1) is 17.1. The van der Waals surface area contributed by atoms with Gasteiger partial charge in [-0.1, -0.05) is 13.8 Å². The number of nitrogens with one attached hydrogen (secondary N) is 1. The summed E-state index contributed by atoms with van der Waals surface area (Å²) in [6, 6.07) is 0. The number of rotatable bonds is 8. The van der Waals surface area contributed by atoms with Gasteiger partial charge in [-0.2, -0.15) is 5.10 Å². The number of ether oxygens (including phenoxy) is 1. The summed E-state index contributed by atoms with van der Waals surface area (Å²) in [5.41, 5.74) is 0.243. The monoisotopic (exact) mass is 321 g/mol. The molecule has 1 N–H and O–H groups in total. The second kappa shape index (κ2) is 7.87. The lowest BCUT2D eigenvalue weighted by Crippen LogP contribution is -2.33. The summed E-state index contributed by atoms with van der Waals surface area (Å²) in [5, 5.41) is 7.17. The van der Waals surface area contributed by atoms with E-state index in [9.17, 15) is 9.59 Å². The van der Waals surface area contributed by atoms with Crippen LogP contribution in [-0.4, -0.2) is 45.0 Å². The fourth-order valence-electron chi connectivity index (χ4n) is 2.11. The van der Waals surface area contributed by atoms with Gasteiger partial charge in [0.25, 0.3) is 5.56 Å². The normalized spacial score (nSPS) is 11.3. The van der Waals surface area contributed by atoms with E-state index in [2.05, 4.69) is 29.2 Å². The Labute approximate surface area is 134 Å². The minimum absolute atomic E-state index is 0.0521. The van der Waals surface area contributed by atoms with Crippen molar-refractivity contribution in [3.8, 4) is 0 Å². The molecule has 0 radical (unpaired) electrons. The predicted octanol–water partition coefficient (Wildman–Crippen LogP) is 0.309. The largest absolute Gasteiger partial charge is 0.381 e. The van der Waals surface area contributed by atoms with E-state index in [1.165, 1.54) is 21.8 Å². The molecule has 0 aromatic carbocycles. The van der Waals surface area contributed by atoms with Crippen molar-refractivity contribution in [1.29, 1.82) is 0 Å². The molecular weight excluding hydrogens is 298 g/mol. The van der Waals surface area contributed by atoms with Gasteiger partial charge in [0.05, 0.1) is 6.20 Å². The topological polar surface area (TPSA) is 91.0 Å². The van der Waals surface area contributed by atoms with Crippen LogP contribution in [0.2, 0.25) is 0 Å². The summed E-state index contributed by atoms with van der Waals surface area (Å²) in [6.45, 7) is 5.98. The molecule has 126 valence electrons. The molecule has 0 spiro atoms. The Bertz CT molecular complexity index is 719. The third kappa shape index (κ3) is 4.62. The Kier molecular flexibility index (Phi) is 5.86. The van der Waals surface area contributed by atoms with Crippen LogP contribution in [0.1, 0.15) is 20.3 Å². The molecule has 2 heterocycles. The highest BCUT2D eigenvalue weighted by atomic mass is 16.5. The lowest BCUT2D eigenvalue weighted by Gasteiger charge is -2.08. The zero-order valence-corrected chi connectivity index (χ0v) is 13.8. The van der Waals surface area contributed by atoms with Gasteiger partial charge in [-0.25, -0.2) is 4.98 Å². The van der Waals surface area contributed by atoms with Crippen molar-refractivity contribution in [1.82, 2.24) is 24.6 Å². The van der Waals surface area contributed by atoms with Gasteiger partial charge < -0.3 is 10.1 Å². The van der Waals surface area contributed by atoms with Gasteiger partial charge in [-0.15, -0.1) is 0 Å². The van der Waals surface area contributed by atoms with Crippen LogP contribution in [0.5, 0.6) is 0 Å². The number of amides is 1. The second-order valence-corrected chi connectivity index (χ2v) is 5.86. The van der Waals surface area contributed by atoms with Crippen LogP contribution in [0.15, 0.2) is 17.3 Å². The van der Waals surface area contributed by atoms with E-state index >= 15 is 0 Å². The van der Waals surface area contributed by atoms with E-state index in [1.54, 1.807) is 7.05 Å². The van der Waals surface area contributed by atoms with Crippen LogP contribution in [0.4, 0.5) is 0 Å². The number of carbonyl (C=O) groups excluding carboxylic acids is 1. The Morgan fingerprint density at radius 2 is 2.22 bits per heavy atom. The zero-order chi connectivity index (χ0) is 16.8. The molecule has 0 aliphatic heterocycles. The third-order valence-corrected chi connectivity index (χ3v) is 3.27. The lowest BCUT2D eigenvalue weighted by atomic mass is 10.2. The summed E-state index contributed by atoms with van der Waals surface area (Å²) in [4.78, 5) is 28.3. The fourth-order valence-corrected chi connectivity index (χ4v) is 2.11. The molecule has 0 unspecified atom stereocenters. The minimum Gasteiger partial charge on any atom is -0.381 e. The van der Waals surface area contributed by atoms with E-state index in [1.807, 2.05) is 0 Å². The van der Waals surface area contributed by atoms with E-state index in [0.29, 0.717) is 30.1 Å². The molecule has 2 aromatic heterocycles. The molecule has 8 nitrogen and oxygen atoms in total. The standard InChI is InChI=1S/C15H23N5O3/c1-11(2)9-23-6-4-5-16-13(21)8-20-10-17-14-12(15(20)22)7-18-19(14)3/h7,10-11H,4-6,8-9H2,1-3H3,(H,16,21). The van der Waals surface area contributed by atoms with Crippen molar-refractivity contribution in [2.75, 3.05) is 19.8 Å². The minimum atomic E-state index is -0.265. The lowest BCUT2D eigenvalue weighted by molar-refractivity contribution is -0.121. The first-order valence-corrected chi connectivity index (χ1v) is 7.70. The maximum absolute atomic E-state index is 12.2. The average molecular weight is 321 g/mol. The van der Waals surface area contributed by atoms with Crippen LogP contribution >= 0.6 is 0 Å². The number of carbonyl (C=O) groups is 1. The first-order valence-electron chi connectivity index (χ1n) is 7.70. The molecule has 0 aliphatic rings. The molecule has 0 aliphatic carbocycles. The SMILES string of the molecule is CC(C)COCCCNC(=O)Cn1cnc2c(cnn2C)c1=O. The van der Waals surface area contributed by atoms with Crippen LogP contribution in [0.25, 0.3) is 11.0 Å². The molecule has 8 heteroatoms. The summed E-state index contributed by atoms with van der Waals surface area (Å²) in [6.07, 6.45) is 3.58. The van der Waals surface area contributed by atoms with Crippen LogP contribution in [0, 0.1) is 5.92 Å². The van der Waals surface area contributed by atoms with Crippen molar-refractivity contribution < 1.29 is 9.53 Å². The van der Waals surface area contributed by atoms with Crippen LogP contribution < -0.4 is 10.9 Å². The van der Waals surface area contributed by atoms with Gasteiger partial charge in [0.2, 0.25) is 5.91 Å². The fraction of sp³-hybridized carbons (Fsp3) is 0.600. The van der Waals surface area contributed by atoms with Gasteiger partial charge in [-0.3, -0.25) is 18.8 Å². The number of aromatic nitrogens is 4. The van der Waals surface area contributed by atoms with Crippen LogP contribution in [0.3, 0.4) is 0 Å². The van der Waals surface area contributed by atoms with Gasteiger partial charge in [0.1, 0.15) is 18.3 Å². The zero-order valence-electron chi connectivity index (χ0n) is 13.8. The van der Waals surface area contributed by atoms with Gasteiger partial charge >= 0.3 is 0 Å². The smallest absolute Gasteiger partial charge is 0.264 e. The number of nitrogens with zero attached hydrogens (tertiary/aromatic N) is 4. The summed E-state index contributed by atoms with van der Waals surface area (Å²) >= 11 is 0. The second-order valence-electron chi connectivity index (χ2n) is 5.86. The van der Waals surface area contributed by atoms with Crippen molar-refractivity contribution in [3.05, 3.63) is 22.9 Å². The van der Waals surface area contributed by atoms with Crippen molar-refractivity contribution in [2.24, 2.45) is 13.0 Å². The molecule has 2 aromatic rings. The van der Waals surface area contributed by atoms with E-state index < -0.39 is 0 Å². The molecular formula is C15H23N5O3. The van der Waals surface area contributed by atoms with E-state index in [4.69, 9.17) is 4.74 Å². The maximum atomic E-state index is 12.2.